The maximum absolute atomic E-state index is 12.6. The SMILES string of the molecule is CCC1NC(=O)C2(CCCC2)N(C(C)CC)C1=O. The maximum atomic E-state index is 12.6. The Bertz CT molecular complexity index is 348. The summed E-state index contributed by atoms with van der Waals surface area (Å²) >= 11 is 0. The number of carbonyl (C=O) groups is 2. The highest BCUT2D eigenvalue weighted by Gasteiger charge is 2.54. The van der Waals surface area contributed by atoms with Crippen molar-refractivity contribution in [2.45, 2.75) is 76.9 Å². The predicted octanol–water partition coefficient (Wildman–Crippen LogP) is 1.83. The summed E-state index contributed by atoms with van der Waals surface area (Å²) in [4.78, 5) is 26.9. The molecule has 1 N–H and O–H groups in total. The smallest absolute Gasteiger partial charge is 0.246 e. The van der Waals surface area contributed by atoms with Crippen molar-refractivity contribution in [1.82, 2.24) is 10.2 Å². The van der Waals surface area contributed by atoms with Crippen molar-refractivity contribution in [3.63, 3.8) is 0 Å². The maximum Gasteiger partial charge on any atom is 0.246 e. The minimum absolute atomic E-state index is 0.0757. The molecule has 1 saturated carbocycles. The zero-order valence-electron chi connectivity index (χ0n) is 11.7. The molecule has 0 radical (unpaired) electrons. The molecule has 2 aliphatic rings. The molecule has 4 heteroatoms. The molecule has 0 aromatic heterocycles. The van der Waals surface area contributed by atoms with Gasteiger partial charge in [-0.3, -0.25) is 9.59 Å². The van der Waals surface area contributed by atoms with Gasteiger partial charge in [0.05, 0.1) is 0 Å². The fourth-order valence-electron chi connectivity index (χ4n) is 3.37. The van der Waals surface area contributed by atoms with E-state index in [1.54, 1.807) is 0 Å². The van der Waals surface area contributed by atoms with Gasteiger partial charge in [0.25, 0.3) is 0 Å². The van der Waals surface area contributed by atoms with Gasteiger partial charge in [0.2, 0.25) is 11.8 Å². The third-order valence-electron chi connectivity index (χ3n) is 4.60. The minimum atomic E-state index is -0.543. The van der Waals surface area contributed by atoms with Gasteiger partial charge < -0.3 is 10.2 Å². The molecule has 0 aromatic carbocycles. The average Bonchev–Trinajstić information content (AvgIpc) is 2.84. The molecule has 1 spiro atoms. The van der Waals surface area contributed by atoms with Crippen LogP contribution in [0.15, 0.2) is 0 Å². The van der Waals surface area contributed by atoms with Gasteiger partial charge in [-0.1, -0.05) is 26.7 Å². The fourth-order valence-corrected chi connectivity index (χ4v) is 3.37. The standard InChI is InChI=1S/C14H24N2O2/c1-4-10(3)16-12(17)11(5-2)15-13(18)14(16)8-6-7-9-14/h10-11H,4-9H2,1-3H3,(H,15,18). The van der Waals surface area contributed by atoms with Crippen molar-refractivity contribution >= 4 is 11.8 Å². The van der Waals surface area contributed by atoms with Crippen LogP contribution in [0.5, 0.6) is 0 Å². The van der Waals surface area contributed by atoms with Gasteiger partial charge in [-0.25, -0.2) is 0 Å². The van der Waals surface area contributed by atoms with E-state index >= 15 is 0 Å². The first-order valence-electron chi connectivity index (χ1n) is 7.21. The van der Waals surface area contributed by atoms with E-state index in [4.69, 9.17) is 0 Å². The second-order valence-corrected chi connectivity index (χ2v) is 5.64. The van der Waals surface area contributed by atoms with Crippen LogP contribution >= 0.6 is 0 Å². The summed E-state index contributed by atoms with van der Waals surface area (Å²) in [6, 6.07) is -0.173. The third-order valence-corrected chi connectivity index (χ3v) is 4.60. The Hall–Kier alpha value is -1.06. The second-order valence-electron chi connectivity index (χ2n) is 5.64. The summed E-state index contributed by atoms with van der Waals surface area (Å²) in [6.45, 7) is 6.08. The molecular weight excluding hydrogens is 228 g/mol. The quantitative estimate of drug-likeness (QED) is 0.833. The highest BCUT2D eigenvalue weighted by molar-refractivity contribution is 6.00. The Morgan fingerprint density at radius 1 is 1.33 bits per heavy atom. The van der Waals surface area contributed by atoms with E-state index < -0.39 is 5.54 Å². The molecule has 1 aliphatic heterocycles. The summed E-state index contributed by atoms with van der Waals surface area (Å²) in [5.74, 6) is 0.195. The largest absolute Gasteiger partial charge is 0.342 e. The van der Waals surface area contributed by atoms with Crippen molar-refractivity contribution in [1.29, 1.82) is 0 Å². The molecule has 0 aromatic rings. The number of piperazine rings is 1. The number of hydrogen-bond acceptors (Lipinski definition) is 2. The number of nitrogens with one attached hydrogen (secondary N) is 1. The Labute approximate surface area is 109 Å². The molecule has 2 amide bonds. The predicted molar refractivity (Wildman–Crippen MR) is 70.0 cm³/mol. The number of nitrogens with zero attached hydrogens (tertiary/aromatic N) is 1. The molecule has 4 nitrogen and oxygen atoms in total. The van der Waals surface area contributed by atoms with E-state index in [9.17, 15) is 9.59 Å². The summed E-state index contributed by atoms with van der Waals surface area (Å²) in [7, 11) is 0. The van der Waals surface area contributed by atoms with Gasteiger partial charge in [0, 0.05) is 6.04 Å². The Balaban J connectivity index is 2.37. The molecule has 2 rings (SSSR count). The minimum Gasteiger partial charge on any atom is -0.342 e. The number of amides is 2. The molecule has 1 heterocycles. The van der Waals surface area contributed by atoms with E-state index in [2.05, 4.69) is 19.2 Å². The molecule has 2 fully saturated rings. The lowest BCUT2D eigenvalue weighted by molar-refractivity contribution is -0.160. The van der Waals surface area contributed by atoms with Gasteiger partial charge in [0.15, 0.2) is 0 Å². The normalized spacial score (nSPS) is 28.6. The summed E-state index contributed by atoms with van der Waals surface area (Å²) < 4.78 is 0. The number of hydrogen-bond donors (Lipinski definition) is 1. The van der Waals surface area contributed by atoms with E-state index in [-0.39, 0.29) is 23.9 Å². The topological polar surface area (TPSA) is 49.4 Å². The van der Waals surface area contributed by atoms with Crippen LogP contribution in [0.4, 0.5) is 0 Å². The second kappa shape index (κ2) is 4.90. The highest BCUT2D eigenvalue weighted by atomic mass is 16.2. The molecule has 1 aliphatic carbocycles. The molecule has 18 heavy (non-hydrogen) atoms. The Kier molecular flexibility index (Phi) is 3.64. The fraction of sp³-hybridized carbons (Fsp3) is 0.857. The molecular formula is C14H24N2O2. The Morgan fingerprint density at radius 3 is 2.44 bits per heavy atom. The van der Waals surface area contributed by atoms with Crippen LogP contribution in [0, 0.1) is 0 Å². The van der Waals surface area contributed by atoms with Crippen LogP contribution in [0.2, 0.25) is 0 Å². The van der Waals surface area contributed by atoms with Gasteiger partial charge >= 0.3 is 0 Å². The first-order valence-corrected chi connectivity index (χ1v) is 7.21. The average molecular weight is 252 g/mol. The van der Waals surface area contributed by atoms with Crippen LogP contribution in [0.1, 0.15) is 59.3 Å². The van der Waals surface area contributed by atoms with Gasteiger partial charge in [-0.15, -0.1) is 0 Å². The zero-order valence-corrected chi connectivity index (χ0v) is 11.7. The van der Waals surface area contributed by atoms with Gasteiger partial charge in [-0.2, -0.15) is 0 Å². The van der Waals surface area contributed by atoms with Crippen LogP contribution < -0.4 is 5.32 Å². The zero-order chi connectivity index (χ0) is 13.3. The molecule has 0 bridgehead atoms. The van der Waals surface area contributed by atoms with Crippen LogP contribution in [0.3, 0.4) is 0 Å². The van der Waals surface area contributed by atoms with Crippen LogP contribution in [0.25, 0.3) is 0 Å². The molecule has 2 unspecified atom stereocenters. The van der Waals surface area contributed by atoms with Crippen molar-refractivity contribution in [2.75, 3.05) is 0 Å². The third kappa shape index (κ3) is 1.82. The Morgan fingerprint density at radius 2 is 1.94 bits per heavy atom. The number of carbonyl (C=O) groups excluding carboxylic acids is 2. The van der Waals surface area contributed by atoms with Crippen LogP contribution in [-0.2, 0) is 9.59 Å². The first kappa shape index (κ1) is 13.4. The van der Waals surface area contributed by atoms with E-state index in [1.165, 1.54) is 0 Å². The molecule has 2 atom stereocenters. The lowest BCUT2D eigenvalue weighted by atomic mass is 9.87. The van der Waals surface area contributed by atoms with Crippen molar-refractivity contribution in [3.05, 3.63) is 0 Å². The monoisotopic (exact) mass is 252 g/mol. The summed E-state index contributed by atoms with van der Waals surface area (Å²) in [6.07, 6.45) is 5.32. The molecule has 102 valence electrons. The van der Waals surface area contributed by atoms with Crippen molar-refractivity contribution < 1.29 is 9.59 Å². The van der Waals surface area contributed by atoms with Gasteiger partial charge in [-0.05, 0) is 32.6 Å². The first-order chi connectivity index (χ1) is 8.56. The van der Waals surface area contributed by atoms with E-state index in [1.807, 2.05) is 11.8 Å². The number of rotatable bonds is 3. The van der Waals surface area contributed by atoms with Gasteiger partial charge in [0.1, 0.15) is 11.6 Å². The highest BCUT2D eigenvalue weighted by Crippen LogP contribution is 2.40. The van der Waals surface area contributed by atoms with E-state index in [0.717, 1.165) is 32.1 Å². The van der Waals surface area contributed by atoms with Crippen molar-refractivity contribution in [3.8, 4) is 0 Å². The lowest BCUT2D eigenvalue weighted by Gasteiger charge is -2.49. The van der Waals surface area contributed by atoms with Crippen LogP contribution in [-0.4, -0.2) is 34.3 Å². The van der Waals surface area contributed by atoms with Crippen molar-refractivity contribution in [2.24, 2.45) is 0 Å². The summed E-state index contributed by atoms with van der Waals surface area (Å²) in [5.41, 5.74) is -0.543. The summed E-state index contributed by atoms with van der Waals surface area (Å²) in [5, 5.41) is 2.93. The molecule has 1 saturated heterocycles. The van der Waals surface area contributed by atoms with E-state index in [0.29, 0.717) is 6.42 Å². The lowest BCUT2D eigenvalue weighted by Crippen LogP contribution is -2.71.